The summed E-state index contributed by atoms with van der Waals surface area (Å²) in [6.45, 7) is 3.41. The minimum absolute atomic E-state index is 0.0324. The molecule has 0 saturated heterocycles. The molecule has 0 bridgehead atoms. The molecule has 136 valence electrons. The minimum atomic E-state index is -0.0324. The van der Waals surface area contributed by atoms with E-state index in [1.54, 1.807) is 0 Å². The highest BCUT2D eigenvalue weighted by atomic mass is 32.1. The fourth-order valence-electron chi connectivity index (χ4n) is 2.87. The molecular weight excluding hydrogens is 342 g/mol. The van der Waals surface area contributed by atoms with Gasteiger partial charge in [-0.3, -0.25) is 4.79 Å². The van der Waals surface area contributed by atoms with Crippen molar-refractivity contribution < 1.29 is 4.79 Å². The number of aryl methyl sites for hydroxylation is 1. The van der Waals surface area contributed by atoms with Crippen LogP contribution in [0.5, 0.6) is 0 Å². The molecule has 0 spiro atoms. The van der Waals surface area contributed by atoms with Crippen molar-refractivity contribution in [1.82, 2.24) is 9.69 Å². The van der Waals surface area contributed by atoms with Crippen LogP contribution < -0.4 is 10.6 Å². The van der Waals surface area contributed by atoms with E-state index >= 15 is 0 Å². The lowest BCUT2D eigenvalue weighted by Crippen LogP contribution is -2.28. The fourth-order valence-corrected chi connectivity index (χ4v) is 3.63. The Kier molecular flexibility index (Phi) is 6.61. The maximum Gasteiger partial charge on any atom is 0.251 e. The van der Waals surface area contributed by atoms with Crippen LogP contribution in [0, 0.1) is 0 Å². The van der Waals surface area contributed by atoms with Crippen LogP contribution in [0.25, 0.3) is 10.1 Å². The average molecular weight is 368 g/mol. The van der Waals surface area contributed by atoms with Gasteiger partial charge in [0, 0.05) is 24.0 Å². The molecule has 0 radical (unpaired) electrons. The van der Waals surface area contributed by atoms with Gasteiger partial charge in [0.1, 0.15) is 5.82 Å². The van der Waals surface area contributed by atoms with E-state index in [2.05, 4.69) is 46.2 Å². The molecule has 2 N–H and O–H groups in total. The predicted molar refractivity (Wildman–Crippen MR) is 110 cm³/mol. The second-order valence-corrected chi connectivity index (χ2v) is 7.17. The van der Waals surface area contributed by atoms with E-state index in [9.17, 15) is 4.79 Å². The molecule has 2 aromatic carbocycles. The highest BCUT2D eigenvalue weighted by molar-refractivity contribution is 7.13. The van der Waals surface area contributed by atoms with Gasteiger partial charge in [0.05, 0.1) is 4.70 Å². The Balaban J connectivity index is 1.44. The molecule has 0 fully saturated rings. The summed E-state index contributed by atoms with van der Waals surface area (Å²) in [6, 6.07) is 16.1. The lowest BCUT2D eigenvalue weighted by atomic mass is 10.1. The number of benzene rings is 2. The summed E-state index contributed by atoms with van der Waals surface area (Å²) in [4.78, 5) is 12.2. The topological polar surface area (TPSA) is 54.0 Å². The number of nitrogens with one attached hydrogen (secondary N) is 2. The second-order valence-electron chi connectivity index (χ2n) is 6.36. The number of rotatable bonds is 9. The van der Waals surface area contributed by atoms with E-state index < -0.39 is 0 Å². The maximum atomic E-state index is 12.2. The third kappa shape index (κ3) is 4.82. The Labute approximate surface area is 158 Å². The lowest BCUT2D eigenvalue weighted by molar-refractivity contribution is 0.0955. The van der Waals surface area contributed by atoms with Crippen molar-refractivity contribution >= 4 is 33.3 Å². The van der Waals surface area contributed by atoms with Gasteiger partial charge < -0.3 is 10.6 Å². The maximum absolute atomic E-state index is 12.2. The minimum Gasteiger partial charge on any atom is -0.367 e. The summed E-state index contributed by atoms with van der Waals surface area (Å²) in [6.07, 6.45) is 4.77. The Bertz CT molecular complexity index is 842. The van der Waals surface area contributed by atoms with Crippen LogP contribution in [0.2, 0.25) is 0 Å². The molecule has 1 heterocycles. The number of anilines is 1. The smallest absolute Gasteiger partial charge is 0.251 e. The van der Waals surface area contributed by atoms with Gasteiger partial charge in [-0.25, -0.2) is 0 Å². The zero-order valence-electron chi connectivity index (χ0n) is 15.1. The van der Waals surface area contributed by atoms with Crippen LogP contribution in [0.3, 0.4) is 0 Å². The van der Waals surface area contributed by atoms with Crippen molar-refractivity contribution in [3.63, 3.8) is 0 Å². The van der Waals surface area contributed by atoms with Crippen molar-refractivity contribution in [3.05, 3.63) is 59.7 Å². The third-order valence-electron chi connectivity index (χ3n) is 4.37. The molecule has 0 unspecified atom stereocenters. The summed E-state index contributed by atoms with van der Waals surface area (Å²) >= 11 is 1.48. The van der Waals surface area contributed by atoms with Gasteiger partial charge in [-0.2, -0.15) is 4.37 Å². The molecule has 0 aliphatic carbocycles. The molecule has 3 rings (SSSR count). The van der Waals surface area contributed by atoms with E-state index in [0.717, 1.165) is 22.3 Å². The first-order valence-electron chi connectivity index (χ1n) is 9.23. The van der Waals surface area contributed by atoms with Crippen molar-refractivity contribution in [3.8, 4) is 0 Å². The van der Waals surface area contributed by atoms with Crippen molar-refractivity contribution in [2.45, 2.75) is 32.6 Å². The lowest BCUT2D eigenvalue weighted by Gasteiger charge is -2.07. The summed E-state index contributed by atoms with van der Waals surface area (Å²) in [5, 5.41) is 7.38. The molecule has 1 amide bonds. The average Bonchev–Trinajstić information content (AvgIpc) is 3.09. The first kappa shape index (κ1) is 18.4. The normalized spacial score (nSPS) is 10.8. The monoisotopic (exact) mass is 367 g/mol. The zero-order chi connectivity index (χ0) is 18.2. The first-order chi connectivity index (χ1) is 12.8. The summed E-state index contributed by atoms with van der Waals surface area (Å²) in [7, 11) is 0. The molecule has 0 aliphatic heterocycles. The fraction of sp³-hybridized carbons (Fsp3) is 0.333. The van der Waals surface area contributed by atoms with Gasteiger partial charge in [-0.05, 0) is 54.2 Å². The van der Waals surface area contributed by atoms with Crippen LogP contribution >= 0.6 is 11.5 Å². The number of carbonyl (C=O) groups is 1. The number of carbonyl (C=O) groups excluding carboxylic acids is 1. The Morgan fingerprint density at radius 3 is 2.65 bits per heavy atom. The Morgan fingerprint density at radius 1 is 1.04 bits per heavy atom. The Hall–Kier alpha value is -2.40. The van der Waals surface area contributed by atoms with E-state index in [0.29, 0.717) is 18.7 Å². The highest BCUT2D eigenvalue weighted by Crippen LogP contribution is 2.25. The summed E-state index contributed by atoms with van der Waals surface area (Å²) in [5.74, 6) is 0.853. The predicted octanol–water partition coefficient (Wildman–Crippen LogP) is 4.87. The highest BCUT2D eigenvalue weighted by Gasteiger charge is 2.06. The molecular formula is C21H25N3OS. The SMILES string of the molecule is CCCCCc1ccc(C(=O)NCCNc2nsc3ccccc23)cc1. The van der Waals surface area contributed by atoms with Crippen LogP contribution in [-0.4, -0.2) is 23.4 Å². The van der Waals surface area contributed by atoms with Crippen LogP contribution in [-0.2, 0) is 6.42 Å². The van der Waals surface area contributed by atoms with Gasteiger partial charge >= 0.3 is 0 Å². The first-order valence-corrected chi connectivity index (χ1v) is 10.0. The Morgan fingerprint density at radius 2 is 1.85 bits per heavy atom. The second kappa shape index (κ2) is 9.34. The van der Waals surface area contributed by atoms with Crippen molar-refractivity contribution in [2.24, 2.45) is 0 Å². The quantitative estimate of drug-likeness (QED) is 0.531. The van der Waals surface area contributed by atoms with Crippen LogP contribution in [0.4, 0.5) is 5.82 Å². The van der Waals surface area contributed by atoms with E-state index in [1.165, 1.54) is 36.4 Å². The van der Waals surface area contributed by atoms with Gasteiger partial charge in [0.2, 0.25) is 0 Å². The largest absolute Gasteiger partial charge is 0.367 e. The van der Waals surface area contributed by atoms with Crippen LogP contribution in [0.1, 0.15) is 42.1 Å². The number of hydrogen-bond donors (Lipinski definition) is 2. The molecule has 3 aromatic rings. The van der Waals surface area contributed by atoms with Crippen molar-refractivity contribution in [1.29, 1.82) is 0 Å². The molecule has 4 nitrogen and oxygen atoms in total. The van der Waals surface area contributed by atoms with Gasteiger partial charge in [0.25, 0.3) is 5.91 Å². The molecule has 1 aromatic heterocycles. The number of aromatic nitrogens is 1. The number of nitrogens with zero attached hydrogens (tertiary/aromatic N) is 1. The summed E-state index contributed by atoms with van der Waals surface area (Å²) < 4.78 is 5.59. The molecule has 0 saturated carbocycles. The number of unbranched alkanes of at least 4 members (excludes halogenated alkanes) is 2. The van der Waals surface area contributed by atoms with E-state index in [-0.39, 0.29) is 5.91 Å². The zero-order valence-corrected chi connectivity index (χ0v) is 15.9. The number of amides is 1. The van der Waals surface area contributed by atoms with E-state index in [4.69, 9.17) is 0 Å². The van der Waals surface area contributed by atoms with Gasteiger partial charge in [0.15, 0.2) is 0 Å². The van der Waals surface area contributed by atoms with Crippen LogP contribution in [0.15, 0.2) is 48.5 Å². The van der Waals surface area contributed by atoms with E-state index in [1.807, 2.05) is 24.3 Å². The van der Waals surface area contributed by atoms with Gasteiger partial charge in [-0.15, -0.1) is 0 Å². The summed E-state index contributed by atoms with van der Waals surface area (Å²) in [5.41, 5.74) is 2.01. The van der Waals surface area contributed by atoms with Crippen molar-refractivity contribution in [2.75, 3.05) is 18.4 Å². The molecule has 0 aliphatic rings. The number of fused-ring (bicyclic) bond motifs is 1. The standard InChI is InChI=1S/C21H25N3OS/c1-2-3-4-7-16-10-12-17(13-11-16)21(25)23-15-14-22-20-18-8-5-6-9-19(18)26-24-20/h5-6,8-13H,2-4,7,14-15H2,1H3,(H,22,24)(H,23,25). The molecule has 26 heavy (non-hydrogen) atoms. The molecule has 0 atom stereocenters. The van der Waals surface area contributed by atoms with Gasteiger partial charge in [-0.1, -0.05) is 44.0 Å². The molecule has 5 heteroatoms. The number of hydrogen-bond acceptors (Lipinski definition) is 4. The third-order valence-corrected chi connectivity index (χ3v) is 5.19.